The maximum absolute atomic E-state index is 5.18. The first-order valence-electron chi connectivity index (χ1n) is 11.0. The van der Waals surface area contributed by atoms with Crippen LogP contribution in [0.5, 0.6) is 0 Å². The number of likely N-dealkylation sites (tertiary alicyclic amines) is 1. The first kappa shape index (κ1) is 17.5. The second kappa shape index (κ2) is 6.77. The first-order valence-corrected chi connectivity index (χ1v) is 11.0. The molecule has 1 N–H and O–H groups in total. The molecule has 27 heavy (non-hydrogen) atoms. The van der Waals surface area contributed by atoms with Crippen LogP contribution in [0, 0.1) is 0 Å². The van der Waals surface area contributed by atoms with Gasteiger partial charge in [0.15, 0.2) is 0 Å². The summed E-state index contributed by atoms with van der Waals surface area (Å²) in [6, 6.07) is 7.02. The lowest BCUT2D eigenvalue weighted by Crippen LogP contribution is -2.27. The smallest absolute Gasteiger partial charge is 0.0729 e. The first-order chi connectivity index (χ1) is 13.1. The van der Waals surface area contributed by atoms with Crippen molar-refractivity contribution in [3.05, 3.63) is 35.0 Å². The third-order valence-electron chi connectivity index (χ3n) is 6.62. The Balaban J connectivity index is 1.35. The Labute approximate surface area is 163 Å². The maximum Gasteiger partial charge on any atom is 0.0729 e. The number of fused-ring (bicyclic) bond motifs is 3. The number of hydrogen-bond acceptors (Lipinski definition) is 3. The van der Waals surface area contributed by atoms with Crippen LogP contribution in [0.3, 0.4) is 0 Å². The van der Waals surface area contributed by atoms with E-state index in [2.05, 4.69) is 42.3 Å². The number of aryl methyl sites for hydroxylation is 1. The van der Waals surface area contributed by atoms with E-state index in [-0.39, 0.29) is 5.54 Å². The van der Waals surface area contributed by atoms with Crippen molar-refractivity contribution in [1.82, 2.24) is 9.88 Å². The van der Waals surface area contributed by atoms with Crippen molar-refractivity contribution in [2.24, 2.45) is 0 Å². The van der Waals surface area contributed by atoms with Gasteiger partial charge in [-0.25, -0.2) is 0 Å². The Morgan fingerprint density at radius 3 is 2.74 bits per heavy atom. The molecule has 2 fully saturated rings. The number of aromatic nitrogens is 1. The number of nitrogens with zero attached hydrogens (tertiary/aromatic N) is 2. The highest BCUT2D eigenvalue weighted by atomic mass is 15.1. The van der Waals surface area contributed by atoms with E-state index >= 15 is 0 Å². The Morgan fingerprint density at radius 2 is 1.96 bits per heavy atom. The fourth-order valence-corrected chi connectivity index (χ4v) is 5.04. The molecule has 144 valence electrons. The molecular weight excluding hydrogens is 330 g/mol. The normalized spacial score (nSPS) is 21.6. The van der Waals surface area contributed by atoms with E-state index in [1.165, 1.54) is 98.0 Å². The summed E-state index contributed by atoms with van der Waals surface area (Å²) in [5, 5.41) is 5.12. The van der Waals surface area contributed by atoms with E-state index in [1.54, 1.807) is 0 Å². The van der Waals surface area contributed by atoms with Crippen molar-refractivity contribution in [2.45, 2.75) is 76.7 Å². The average molecular weight is 364 g/mol. The van der Waals surface area contributed by atoms with E-state index < -0.39 is 0 Å². The number of unbranched alkanes of at least 4 members (excludes halogenated alkanes) is 1. The van der Waals surface area contributed by atoms with Crippen LogP contribution in [0.15, 0.2) is 18.2 Å². The molecule has 5 rings (SSSR count). The standard InChI is InChI=1S/C24H33N3/c1-24(2)16-20-22(18-9-10-18)25-21-15-17(8-11-19(21)23(20)26-24)7-3-4-12-27-13-5-6-14-27/h8,11,15,18,26H,3-7,9-10,12-14,16H2,1-2H3. The van der Waals surface area contributed by atoms with E-state index in [1.807, 2.05) is 0 Å². The van der Waals surface area contributed by atoms with Gasteiger partial charge in [-0.1, -0.05) is 12.1 Å². The summed E-state index contributed by atoms with van der Waals surface area (Å²) < 4.78 is 0. The summed E-state index contributed by atoms with van der Waals surface area (Å²) in [6.45, 7) is 8.54. The van der Waals surface area contributed by atoms with Crippen molar-refractivity contribution < 1.29 is 0 Å². The van der Waals surface area contributed by atoms with Crippen LogP contribution in [0.1, 0.15) is 75.1 Å². The Morgan fingerprint density at radius 1 is 1.15 bits per heavy atom. The van der Waals surface area contributed by atoms with Gasteiger partial charge in [0.05, 0.1) is 5.52 Å². The molecule has 1 aromatic heterocycles. The Bertz CT molecular complexity index is 844. The van der Waals surface area contributed by atoms with Gasteiger partial charge in [-0.3, -0.25) is 4.98 Å². The molecule has 0 spiro atoms. The lowest BCUT2D eigenvalue weighted by atomic mass is 9.96. The van der Waals surface area contributed by atoms with Gasteiger partial charge in [-0.05, 0) is 96.5 Å². The minimum atomic E-state index is 0.149. The van der Waals surface area contributed by atoms with Gasteiger partial charge in [-0.2, -0.15) is 0 Å². The predicted molar refractivity (Wildman–Crippen MR) is 114 cm³/mol. The van der Waals surface area contributed by atoms with Gasteiger partial charge in [0, 0.05) is 33.8 Å². The molecule has 0 bridgehead atoms. The molecule has 3 heteroatoms. The minimum Gasteiger partial charge on any atom is -0.379 e. The highest BCUT2D eigenvalue weighted by Crippen LogP contribution is 2.47. The molecule has 2 aliphatic heterocycles. The molecule has 0 unspecified atom stereocenters. The van der Waals surface area contributed by atoms with Crippen LogP contribution in [-0.4, -0.2) is 35.1 Å². The molecule has 1 aromatic carbocycles. The summed E-state index contributed by atoms with van der Waals surface area (Å²) in [5.41, 5.74) is 7.06. The molecule has 2 aromatic rings. The molecule has 0 amide bonds. The van der Waals surface area contributed by atoms with Crippen LogP contribution in [0.2, 0.25) is 0 Å². The Hall–Kier alpha value is -1.61. The van der Waals surface area contributed by atoms with Crippen molar-refractivity contribution in [2.75, 3.05) is 25.0 Å². The second-order valence-corrected chi connectivity index (χ2v) is 9.67. The van der Waals surface area contributed by atoms with Gasteiger partial charge in [0.2, 0.25) is 0 Å². The highest BCUT2D eigenvalue weighted by molar-refractivity contribution is 5.95. The summed E-state index contributed by atoms with van der Waals surface area (Å²) >= 11 is 0. The zero-order valence-electron chi connectivity index (χ0n) is 17.0. The van der Waals surface area contributed by atoms with E-state index in [0.717, 1.165) is 6.42 Å². The number of hydrogen-bond donors (Lipinski definition) is 1. The number of benzene rings is 1. The maximum atomic E-state index is 5.18. The van der Waals surface area contributed by atoms with E-state index in [0.29, 0.717) is 5.92 Å². The number of rotatable bonds is 6. The zero-order valence-corrected chi connectivity index (χ0v) is 17.0. The van der Waals surface area contributed by atoms with Crippen LogP contribution < -0.4 is 5.32 Å². The number of anilines is 1. The molecule has 0 atom stereocenters. The monoisotopic (exact) mass is 363 g/mol. The van der Waals surface area contributed by atoms with Crippen LogP contribution >= 0.6 is 0 Å². The number of pyridine rings is 1. The fraction of sp³-hybridized carbons (Fsp3) is 0.625. The predicted octanol–water partition coefficient (Wildman–Crippen LogP) is 5.28. The molecule has 1 saturated heterocycles. The van der Waals surface area contributed by atoms with Crippen molar-refractivity contribution >= 4 is 16.6 Å². The van der Waals surface area contributed by atoms with Gasteiger partial charge in [-0.15, -0.1) is 0 Å². The molecule has 1 aliphatic carbocycles. The third kappa shape index (κ3) is 3.59. The van der Waals surface area contributed by atoms with E-state index in [4.69, 9.17) is 4.98 Å². The lowest BCUT2D eigenvalue weighted by Gasteiger charge is -2.18. The molecule has 3 heterocycles. The van der Waals surface area contributed by atoms with Crippen LogP contribution in [-0.2, 0) is 12.8 Å². The van der Waals surface area contributed by atoms with Gasteiger partial charge < -0.3 is 10.2 Å². The molecule has 0 radical (unpaired) electrons. The molecular formula is C24H33N3. The third-order valence-corrected chi connectivity index (χ3v) is 6.62. The fourth-order valence-electron chi connectivity index (χ4n) is 5.04. The topological polar surface area (TPSA) is 28.2 Å². The van der Waals surface area contributed by atoms with Gasteiger partial charge in [0.1, 0.15) is 0 Å². The van der Waals surface area contributed by atoms with Gasteiger partial charge in [0.25, 0.3) is 0 Å². The van der Waals surface area contributed by atoms with Crippen LogP contribution in [0.25, 0.3) is 10.9 Å². The largest absolute Gasteiger partial charge is 0.379 e. The van der Waals surface area contributed by atoms with Gasteiger partial charge >= 0.3 is 0 Å². The Kier molecular flexibility index (Phi) is 4.39. The van der Waals surface area contributed by atoms with Crippen LogP contribution in [0.4, 0.5) is 5.69 Å². The van der Waals surface area contributed by atoms with E-state index in [9.17, 15) is 0 Å². The second-order valence-electron chi connectivity index (χ2n) is 9.67. The highest BCUT2D eigenvalue weighted by Gasteiger charge is 2.36. The zero-order chi connectivity index (χ0) is 18.4. The lowest BCUT2D eigenvalue weighted by molar-refractivity contribution is 0.330. The van der Waals surface area contributed by atoms with Crippen molar-refractivity contribution in [3.8, 4) is 0 Å². The number of nitrogens with one attached hydrogen (secondary N) is 1. The summed E-state index contributed by atoms with van der Waals surface area (Å²) in [4.78, 5) is 7.80. The molecule has 3 nitrogen and oxygen atoms in total. The quantitative estimate of drug-likeness (QED) is 0.708. The average Bonchev–Trinajstić information content (AvgIpc) is 3.24. The molecule has 3 aliphatic rings. The SMILES string of the molecule is CC1(C)Cc2c(C3CC3)nc3cc(CCCCN4CCCC4)ccc3c2N1. The summed E-state index contributed by atoms with van der Waals surface area (Å²) in [5.74, 6) is 0.711. The molecule has 1 saturated carbocycles. The van der Waals surface area contributed by atoms with Crippen molar-refractivity contribution in [1.29, 1.82) is 0 Å². The summed E-state index contributed by atoms with van der Waals surface area (Å²) in [7, 11) is 0. The van der Waals surface area contributed by atoms with Crippen molar-refractivity contribution in [3.63, 3.8) is 0 Å². The minimum absolute atomic E-state index is 0.149. The summed E-state index contributed by atoms with van der Waals surface area (Å²) in [6.07, 6.45) is 10.3.